The monoisotopic (exact) mass is 236 g/mol. The molecule has 1 rings (SSSR count). The first-order valence-corrected chi connectivity index (χ1v) is 4.36. The Kier molecular flexibility index (Phi) is 2.20. The highest BCUT2D eigenvalue weighted by atomic mass is 79.9. The molecule has 3 nitrogen and oxygen atoms in total. The van der Waals surface area contributed by atoms with Gasteiger partial charge in [-0.3, -0.25) is 0 Å². The Labute approximate surface area is 75.4 Å². The van der Waals surface area contributed by atoms with Crippen molar-refractivity contribution in [2.75, 3.05) is 0 Å². The summed E-state index contributed by atoms with van der Waals surface area (Å²) < 4.78 is 0.472. The molecule has 0 aliphatic heterocycles. The third kappa shape index (κ3) is 1.39. The van der Waals surface area contributed by atoms with Gasteiger partial charge in [0.25, 0.3) is 0 Å². The van der Waals surface area contributed by atoms with Gasteiger partial charge in [0.05, 0.1) is 4.47 Å². The van der Waals surface area contributed by atoms with Gasteiger partial charge in [0.1, 0.15) is 0 Å². The van der Waals surface area contributed by atoms with Crippen LogP contribution in [0.2, 0.25) is 0 Å². The predicted octanol–water partition coefficient (Wildman–Crippen LogP) is 2.22. The molecular formula is C6H5BrO3S. The fourth-order valence-electron chi connectivity index (χ4n) is 0.658. The van der Waals surface area contributed by atoms with Crippen LogP contribution in [0.5, 0.6) is 5.75 Å². The van der Waals surface area contributed by atoms with Crippen LogP contribution < -0.4 is 0 Å². The third-order valence-corrected chi connectivity index (χ3v) is 3.50. The SMILES string of the molecule is Cc1sc(C(=O)O)c(O)c1Br. The number of carboxylic acids is 1. The minimum absolute atomic E-state index is 0.0191. The summed E-state index contributed by atoms with van der Waals surface area (Å²) in [5.41, 5.74) is 0. The third-order valence-electron chi connectivity index (χ3n) is 1.18. The lowest BCUT2D eigenvalue weighted by molar-refractivity contribution is 0.0699. The van der Waals surface area contributed by atoms with Gasteiger partial charge in [0.2, 0.25) is 0 Å². The lowest BCUT2D eigenvalue weighted by atomic mass is 10.4. The van der Waals surface area contributed by atoms with Gasteiger partial charge in [-0.1, -0.05) is 0 Å². The molecule has 60 valence electrons. The normalized spacial score (nSPS) is 10.0. The summed E-state index contributed by atoms with van der Waals surface area (Å²) in [5.74, 6) is -1.28. The molecule has 1 aromatic rings. The van der Waals surface area contributed by atoms with E-state index in [1.807, 2.05) is 0 Å². The molecule has 11 heavy (non-hydrogen) atoms. The van der Waals surface area contributed by atoms with Gasteiger partial charge < -0.3 is 10.2 Å². The quantitative estimate of drug-likeness (QED) is 0.787. The largest absolute Gasteiger partial charge is 0.505 e. The molecule has 0 saturated carbocycles. The average Bonchev–Trinajstić information content (AvgIpc) is 2.17. The van der Waals surface area contributed by atoms with Crippen molar-refractivity contribution < 1.29 is 15.0 Å². The number of carbonyl (C=O) groups is 1. The molecule has 0 aliphatic rings. The van der Waals surface area contributed by atoms with Crippen LogP contribution in [0.3, 0.4) is 0 Å². The maximum atomic E-state index is 10.4. The van der Waals surface area contributed by atoms with Crippen molar-refractivity contribution in [2.24, 2.45) is 0 Å². The number of rotatable bonds is 1. The van der Waals surface area contributed by atoms with E-state index in [9.17, 15) is 9.90 Å². The van der Waals surface area contributed by atoms with E-state index in [0.29, 0.717) is 4.47 Å². The van der Waals surface area contributed by atoms with Gasteiger partial charge in [-0.05, 0) is 22.9 Å². The summed E-state index contributed by atoms with van der Waals surface area (Å²) >= 11 is 4.12. The van der Waals surface area contributed by atoms with E-state index in [1.165, 1.54) is 0 Å². The first-order chi connectivity index (χ1) is 5.04. The van der Waals surface area contributed by atoms with E-state index >= 15 is 0 Å². The van der Waals surface area contributed by atoms with Gasteiger partial charge in [0.15, 0.2) is 10.6 Å². The lowest BCUT2D eigenvalue weighted by Gasteiger charge is -1.88. The van der Waals surface area contributed by atoms with Crippen molar-refractivity contribution in [3.05, 3.63) is 14.2 Å². The Morgan fingerprint density at radius 3 is 2.36 bits per heavy atom. The minimum atomic E-state index is -1.10. The summed E-state index contributed by atoms with van der Waals surface area (Å²) in [4.78, 5) is 11.2. The Balaban J connectivity index is 3.29. The molecule has 5 heteroatoms. The Hall–Kier alpha value is -0.550. The van der Waals surface area contributed by atoms with Gasteiger partial charge in [-0.2, -0.15) is 0 Å². The summed E-state index contributed by atoms with van der Waals surface area (Å²) in [6.45, 7) is 1.74. The van der Waals surface area contributed by atoms with Crippen molar-refractivity contribution >= 4 is 33.2 Å². The second kappa shape index (κ2) is 2.83. The van der Waals surface area contributed by atoms with Gasteiger partial charge in [-0.25, -0.2) is 4.79 Å². The van der Waals surface area contributed by atoms with Crippen molar-refractivity contribution in [3.63, 3.8) is 0 Å². The maximum absolute atomic E-state index is 10.4. The Morgan fingerprint density at radius 1 is 1.64 bits per heavy atom. The summed E-state index contributed by atoms with van der Waals surface area (Å²) in [5, 5.41) is 17.7. The molecule has 0 fully saturated rings. The van der Waals surface area contributed by atoms with E-state index in [-0.39, 0.29) is 10.6 Å². The second-order valence-corrected chi connectivity index (χ2v) is 3.97. The molecule has 0 bridgehead atoms. The van der Waals surface area contributed by atoms with E-state index in [4.69, 9.17) is 5.11 Å². The summed E-state index contributed by atoms with van der Waals surface area (Å²) in [6.07, 6.45) is 0. The zero-order valence-electron chi connectivity index (χ0n) is 5.59. The highest BCUT2D eigenvalue weighted by Gasteiger charge is 2.17. The zero-order chi connectivity index (χ0) is 8.59. The number of aromatic carboxylic acids is 1. The minimum Gasteiger partial charge on any atom is -0.505 e. The van der Waals surface area contributed by atoms with Crippen LogP contribution in [-0.4, -0.2) is 16.2 Å². The van der Waals surface area contributed by atoms with Crippen molar-refractivity contribution in [1.29, 1.82) is 0 Å². The van der Waals surface area contributed by atoms with E-state index in [2.05, 4.69) is 15.9 Å². The first kappa shape index (κ1) is 8.55. The predicted molar refractivity (Wildman–Crippen MR) is 45.4 cm³/mol. The molecule has 0 radical (unpaired) electrons. The molecule has 1 aromatic heterocycles. The maximum Gasteiger partial charge on any atom is 0.349 e. The summed E-state index contributed by atoms with van der Waals surface area (Å²) in [7, 11) is 0. The number of halogens is 1. The van der Waals surface area contributed by atoms with Crippen LogP contribution in [0.25, 0.3) is 0 Å². The zero-order valence-corrected chi connectivity index (χ0v) is 7.99. The van der Waals surface area contributed by atoms with Gasteiger partial charge in [-0.15, -0.1) is 11.3 Å². The van der Waals surface area contributed by atoms with Crippen LogP contribution >= 0.6 is 27.3 Å². The van der Waals surface area contributed by atoms with Crippen molar-refractivity contribution in [3.8, 4) is 5.75 Å². The van der Waals surface area contributed by atoms with Crippen LogP contribution in [0.4, 0.5) is 0 Å². The Bertz CT molecular complexity index is 305. The smallest absolute Gasteiger partial charge is 0.349 e. The van der Waals surface area contributed by atoms with Crippen molar-refractivity contribution in [2.45, 2.75) is 6.92 Å². The van der Waals surface area contributed by atoms with Crippen LogP contribution in [-0.2, 0) is 0 Å². The molecule has 0 unspecified atom stereocenters. The topological polar surface area (TPSA) is 57.5 Å². The van der Waals surface area contributed by atoms with Crippen LogP contribution in [0, 0.1) is 6.92 Å². The molecule has 0 aliphatic carbocycles. The second-order valence-electron chi connectivity index (χ2n) is 1.96. The average molecular weight is 237 g/mol. The molecule has 0 aromatic carbocycles. The number of hydrogen-bond acceptors (Lipinski definition) is 3. The standard InChI is InChI=1S/C6H5BrO3S/c1-2-3(7)4(8)5(11-2)6(9)10/h8H,1H3,(H,9,10). The Morgan fingerprint density at radius 2 is 2.18 bits per heavy atom. The number of carboxylic acid groups (broad SMARTS) is 1. The molecule has 2 N–H and O–H groups in total. The van der Waals surface area contributed by atoms with Crippen LogP contribution in [0.15, 0.2) is 4.47 Å². The fourth-order valence-corrected chi connectivity index (χ4v) is 2.01. The number of aryl methyl sites for hydroxylation is 1. The number of aromatic hydroxyl groups is 1. The summed E-state index contributed by atoms with van der Waals surface area (Å²) in [6, 6.07) is 0. The molecule has 1 heterocycles. The molecule has 0 spiro atoms. The first-order valence-electron chi connectivity index (χ1n) is 2.75. The number of hydrogen-bond donors (Lipinski definition) is 2. The van der Waals surface area contributed by atoms with Gasteiger partial charge in [0, 0.05) is 4.88 Å². The number of thiophene rings is 1. The van der Waals surface area contributed by atoms with E-state index < -0.39 is 5.97 Å². The highest BCUT2D eigenvalue weighted by molar-refractivity contribution is 9.10. The molecule has 0 atom stereocenters. The van der Waals surface area contributed by atoms with E-state index in [0.717, 1.165) is 16.2 Å². The van der Waals surface area contributed by atoms with Crippen LogP contribution in [0.1, 0.15) is 14.5 Å². The molecule has 0 amide bonds. The highest BCUT2D eigenvalue weighted by Crippen LogP contribution is 2.37. The molecule has 0 saturated heterocycles. The van der Waals surface area contributed by atoms with Gasteiger partial charge >= 0.3 is 5.97 Å². The molecular weight excluding hydrogens is 232 g/mol. The van der Waals surface area contributed by atoms with E-state index in [1.54, 1.807) is 6.92 Å². The lowest BCUT2D eigenvalue weighted by Crippen LogP contribution is -1.90. The van der Waals surface area contributed by atoms with Crippen molar-refractivity contribution in [1.82, 2.24) is 0 Å². The fraction of sp³-hybridized carbons (Fsp3) is 0.167.